The molecule has 0 fully saturated rings. The minimum Gasteiger partial charge on any atom is -0.224 e. The highest BCUT2D eigenvalue weighted by molar-refractivity contribution is 7.91. The van der Waals surface area contributed by atoms with Crippen molar-refractivity contribution in [2.45, 2.75) is 18.2 Å². The lowest BCUT2D eigenvalue weighted by molar-refractivity contribution is 0.575. The Morgan fingerprint density at radius 3 is 2.47 bits per heavy atom. The van der Waals surface area contributed by atoms with Crippen molar-refractivity contribution in [3.63, 3.8) is 0 Å². The standard InChI is InChI=1S/C12H14O2S/c1-3-7-11(2)10-15(13,14)12-8-5-4-6-9-12/h1,4-6,8-9,11H,7,10H2,2H3/t11-/m0/s1. The summed E-state index contributed by atoms with van der Waals surface area (Å²) in [5.41, 5.74) is 0. The third-order valence-electron chi connectivity index (χ3n) is 2.07. The second-order valence-corrected chi connectivity index (χ2v) is 5.64. The Labute approximate surface area is 91.2 Å². The van der Waals surface area contributed by atoms with Gasteiger partial charge in [-0.2, -0.15) is 0 Å². The highest BCUT2D eigenvalue weighted by atomic mass is 32.2. The summed E-state index contributed by atoms with van der Waals surface area (Å²) in [6.07, 6.45) is 5.63. The molecular formula is C12H14O2S. The van der Waals surface area contributed by atoms with Gasteiger partial charge in [0, 0.05) is 6.42 Å². The largest absolute Gasteiger partial charge is 0.224 e. The number of hydrogen-bond acceptors (Lipinski definition) is 2. The van der Waals surface area contributed by atoms with Crippen LogP contribution in [0, 0.1) is 18.3 Å². The monoisotopic (exact) mass is 222 g/mol. The summed E-state index contributed by atoms with van der Waals surface area (Å²) in [7, 11) is -3.18. The van der Waals surface area contributed by atoms with Gasteiger partial charge in [0.05, 0.1) is 10.6 Å². The highest BCUT2D eigenvalue weighted by Gasteiger charge is 2.17. The van der Waals surface area contributed by atoms with Crippen molar-refractivity contribution in [2.75, 3.05) is 5.75 Å². The van der Waals surface area contributed by atoms with Crippen molar-refractivity contribution in [3.05, 3.63) is 30.3 Å². The van der Waals surface area contributed by atoms with Crippen LogP contribution in [0.3, 0.4) is 0 Å². The van der Waals surface area contributed by atoms with Gasteiger partial charge in [-0.15, -0.1) is 12.3 Å². The molecule has 0 aliphatic heterocycles. The molecule has 1 aromatic carbocycles. The average molecular weight is 222 g/mol. The summed E-state index contributed by atoms with van der Waals surface area (Å²) < 4.78 is 23.7. The van der Waals surface area contributed by atoms with Crippen molar-refractivity contribution in [2.24, 2.45) is 5.92 Å². The van der Waals surface area contributed by atoms with Crippen molar-refractivity contribution in [1.82, 2.24) is 0 Å². The zero-order valence-corrected chi connectivity index (χ0v) is 9.50. The normalized spacial score (nSPS) is 13.1. The molecule has 1 rings (SSSR count). The van der Waals surface area contributed by atoms with Crippen molar-refractivity contribution in [1.29, 1.82) is 0 Å². The molecular weight excluding hydrogens is 208 g/mol. The summed E-state index contributed by atoms with van der Waals surface area (Å²) in [6.45, 7) is 1.85. The van der Waals surface area contributed by atoms with Crippen LogP contribution in [0.2, 0.25) is 0 Å². The fourth-order valence-corrected chi connectivity index (χ4v) is 2.99. The number of terminal acetylenes is 1. The van der Waals surface area contributed by atoms with Crippen LogP contribution in [0.1, 0.15) is 13.3 Å². The van der Waals surface area contributed by atoms with Crippen LogP contribution in [0.25, 0.3) is 0 Å². The molecule has 1 aromatic rings. The van der Waals surface area contributed by atoms with Crippen LogP contribution in [0.5, 0.6) is 0 Å². The first-order valence-corrected chi connectivity index (χ1v) is 6.43. The summed E-state index contributed by atoms with van der Waals surface area (Å²) in [5, 5.41) is 0. The summed E-state index contributed by atoms with van der Waals surface area (Å²) in [6, 6.07) is 8.46. The maximum Gasteiger partial charge on any atom is 0.178 e. The Hall–Kier alpha value is -1.27. The number of sulfone groups is 1. The molecule has 0 unspecified atom stereocenters. The summed E-state index contributed by atoms with van der Waals surface area (Å²) in [4.78, 5) is 0.369. The van der Waals surface area contributed by atoms with Gasteiger partial charge < -0.3 is 0 Å². The molecule has 0 radical (unpaired) electrons. The SMILES string of the molecule is C#CC[C@H](C)CS(=O)(=O)c1ccccc1. The van der Waals surface area contributed by atoms with E-state index in [9.17, 15) is 8.42 Å². The first-order valence-electron chi connectivity index (χ1n) is 4.77. The van der Waals surface area contributed by atoms with Gasteiger partial charge in [0.15, 0.2) is 9.84 Å². The van der Waals surface area contributed by atoms with E-state index in [0.717, 1.165) is 0 Å². The van der Waals surface area contributed by atoms with Crippen molar-refractivity contribution < 1.29 is 8.42 Å². The second kappa shape index (κ2) is 4.99. The van der Waals surface area contributed by atoms with Gasteiger partial charge in [-0.25, -0.2) is 8.42 Å². The van der Waals surface area contributed by atoms with E-state index in [1.807, 2.05) is 6.92 Å². The summed E-state index contributed by atoms with van der Waals surface area (Å²) in [5.74, 6) is 2.59. The van der Waals surface area contributed by atoms with Gasteiger partial charge in [-0.3, -0.25) is 0 Å². The molecule has 15 heavy (non-hydrogen) atoms. The van der Waals surface area contributed by atoms with E-state index in [0.29, 0.717) is 11.3 Å². The van der Waals surface area contributed by atoms with Gasteiger partial charge in [0.2, 0.25) is 0 Å². The molecule has 0 bridgehead atoms. The maximum absolute atomic E-state index is 11.8. The van der Waals surface area contributed by atoms with E-state index in [4.69, 9.17) is 6.42 Å². The summed E-state index contributed by atoms with van der Waals surface area (Å²) >= 11 is 0. The number of benzene rings is 1. The van der Waals surface area contributed by atoms with Crippen LogP contribution in [-0.2, 0) is 9.84 Å². The molecule has 3 heteroatoms. The Balaban J connectivity index is 2.82. The van der Waals surface area contributed by atoms with Crippen LogP contribution >= 0.6 is 0 Å². The van der Waals surface area contributed by atoms with E-state index in [-0.39, 0.29) is 11.7 Å². The molecule has 0 N–H and O–H groups in total. The minimum absolute atomic E-state index is 0.000191. The Morgan fingerprint density at radius 1 is 1.33 bits per heavy atom. The van der Waals surface area contributed by atoms with E-state index in [1.165, 1.54) is 0 Å². The Bertz CT molecular complexity index is 440. The zero-order chi connectivity index (χ0) is 11.3. The van der Waals surface area contributed by atoms with E-state index in [2.05, 4.69) is 5.92 Å². The molecule has 0 amide bonds. The molecule has 0 heterocycles. The van der Waals surface area contributed by atoms with Gasteiger partial charge in [-0.05, 0) is 18.1 Å². The molecule has 80 valence electrons. The van der Waals surface area contributed by atoms with Gasteiger partial charge in [0.25, 0.3) is 0 Å². The van der Waals surface area contributed by atoms with E-state index in [1.54, 1.807) is 30.3 Å². The maximum atomic E-state index is 11.8. The highest BCUT2D eigenvalue weighted by Crippen LogP contribution is 2.14. The molecule has 0 saturated carbocycles. The average Bonchev–Trinajstić information content (AvgIpc) is 2.18. The predicted octanol–water partition coefficient (Wildman–Crippen LogP) is 2.12. The molecule has 0 aliphatic rings. The third kappa shape index (κ3) is 3.41. The lowest BCUT2D eigenvalue weighted by Crippen LogP contribution is -2.13. The van der Waals surface area contributed by atoms with E-state index < -0.39 is 9.84 Å². The molecule has 0 aliphatic carbocycles. The minimum atomic E-state index is -3.18. The van der Waals surface area contributed by atoms with Crippen LogP contribution in [0.15, 0.2) is 35.2 Å². The quantitative estimate of drug-likeness (QED) is 0.731. The molecule has 1 atom stereocenters. The zero-order valence-electron chi connectivity index (χ0n) is 8.68. The Morgan fingerprint density at radius 2 is 1.93 bits per heavy atom. The fourth-order valence-electron chi connectivity index (χ4n) is 1.36. The lowest BCUT2D eigenvalue weighted by Gasteiger charge is -2.08. The van der Waals surface area contributed by atoms with Crippen LogP contribution < -0.4 is 0 Å². The lowest BCUT2D eigenvalue weighted by atomic mass is 10.1. The molecule has 0 saturated heterocycles. The topological polar surface area (TPSA) is 34.1 Å². The fraction of sp³-hybridized carbons (Fsp3) is 0.333. The van der Waals surface area contributed by atoms with Crippen molar-refractivity contribution in [3.8, 4) is 12.3 Å². The van der Waals surface area contributed by atoms with Crippen LogP contribution in [0.4, 0.5) is 0 Å². The number of rotatable bonds is 4. The van der Waals surface area contributed by atoms with Crippen LogP contribution in [-0.4, -0.2) is 14.2 Å². The second-order valence-electron chi connectivity index (χ2n) is 3.61. The van der Waals surface area contributed by atoms with Crippen molar-refractivity contribution >= 4 is 9.84 Å². The predicted molar refractivity (Wildman–Crippen MR) is 61.1 cm³/mol. The first kappa shape index (κ1) is 11.8. The first-order chi connectivity index (χ1) is 7.06. The molecule has 0 spiro atoms. The number of hydrogen-bond donors (Lipinski definition) is 0. The molecule has 0 aromatic heterocycles. The smallest absolute Gasteiger partial charge is 0.178 e. The van der Waals surface area contributed by atoms with Gasteiger partial charge in [-0.1, -0.05) is 25.1 Å². The van der Waals surface area contributed by atoms with Gasteiger partial charge >= 0.3 is 0 Å². The van der Waals surface area contributed by atoms with E-state index >= 15 is 0 Å². The van der Waals surface area contributed by atoms with Gasteiger partial charge in [0.1, 0.15) is 0 Å². The molecule has 2 nitrogen and oxygen atoms in total. The Kier molecular flexibility index (Phi) is 3.93. The third-order valence-corrected chi connectivity index (χ3v) is 4.07.